The molecule has 2 aromatic rings. The van der Waals surface area contributed by atoms with Gasteiger partial charge >= 0.3 is 0 Å². The van der Waals surface area contributed by atoms with Crippen molar-refractivity contribution < 1.29 is 9.47 Å². The van der Waals surface area contributed by atoms with Crippen LogP contribution in [0.5, 0.6) is 11.5 Å². The highest BCUT2D eigenvalue weighted by molar-refractivity contribution is 5.94. The van der Waals surface area contributed by atoms with Crippen molar-refractivity contribution in [2.24, 2.45) is 16.6 Å². The molecule has 0 unspecified atom stereocenters. The number of nitrogens with zero attached hydrogens (tertiary/aromatic N) is 2. The summed E-state index contributed by atoms with van der Waals surface area (Å²) < 4.78 is 10.7. The zero-order chi connectivity index (χ0) is 20.6. The summed E-state index contributed by atoms with van der Waals surface area (Å²) in [5.74, 6) is 2.59. The maximum absolute atomic E-state index is 6.15. The Morgan fingerprint density at radius 2 is 1.83 bits per heavy atom. The standard InChI is InChI=1S/C23H32N4O2/c1-17-10-12-27(13-11-17)16-19-7-5-4-6-18(19)15-25-23(24)26-21-14-20(28-2)8-9-22(21)29-3/h4-9,14,17H,10-13,15-16H2,1-3H3,(H3,24,25,26). The van der Waals surface area contributed by atoms with Gasteiger partial charge in [0.05, 0.1) is 26.5 Å². The average Bonchev–Trinajstić information content (AvgIpc) is 2.74. The number of rotatable bonds is 7. The number of guanidine groups is 1. The smallest absolute Gasteiger partial charge is 0.193 e. The molecule has 3 N–H and O–H groups in total. The van der Waals surface area contributed by atoms with Crippen LogP contribution in [0.2, 0.25) is 0 Å². The Balaban J connectivity index is 1.67. The van der Waals surface area contributed by atoms with E-state index in [0.29, 0.717) is 18.3 Å². The van der Waals surface area contributed by atoms with Crippen molar-refractivity contribution in [3.63, 3.8) is 0 Å². The fraction of sp³-hybridized carbons (Fsp3) is 0.435. The molecule has 0 aliphatic carbocycles. The van der Waals surface area contributed by atoms with E-state index in [-0.39, 0.29) is 0 Å². The third-order valence-electron chi connectivity index (χ3n) is 5.48. The summed E-state index contributed by atoms with van der Waals surface area (Å²) in [6, 6.07) is 14.0. The van der Waals surface area contributed by atoms with Gasteiger partial charge in [-0.05, 0) is 55.1 Å². The molecule has 156 valence electrons. The van der Waals surface area contributed by atoms with Gasteiger partial charge in [0.15, 0.2) is 5.96 Å². The number of methoxy groups -OCH3 is 2. The zero-order valence-corrected chi connectivity index (χ0v) is 17.6. The van der Waals surface area contributed by atoms with Crippen LogP contribution in [-0.4, -0.2) is 38.2 Å². The molecule has 0 saturated carbocycles. The molecule has 1 saturated heterocycles. The highest BCUT2D eigenvalue weighted by Gasteiger charge is 2.16. The molecule has 0 atom stereocenters. The van der Waals surface area contributed by atoms with Gasteiger partial charge in [0.1, 0.15) is 11.5 Å². The van der Waals surface area contributed by atoms with Crippen LogP contribution >= 0.6 is 0 Å². The number of likely N-dealkylation sites (tertiary alicyclic amines) is 1. The fourth-order valence-corrected chi connectivity index (χ4v) is 3.59. The number of nitrogens with two attached hydrogens (primary N) is 1. The topological polar surface area (TPSA) is 72.1 Å². The third-order valence-corrected chi connectivity index (χ3v) is 5.48. The second kappa shape index (κ2) is 10.2. The van der Waals surface area contributed by atoms with Gasteiger partial charge in [-0.25, -0.2) is 4.99 Å². The van der Waals surface area contributed by atoms with E-state index in [2.05, 4.69) is 46.4 Å². The Morgan fingerprint density at radius 1 is 1.10 bits per heavy atom. The van der Waals surface area contributed by atoms with Crippen molar-refractivity contribution in [2.45, 2.75) is 32.9 Å². The molecule has 1 aliphatic heterocycles. The van der Waals surface area contributed by atoms with E-state index in [1.807, 2.05) is 18.2 Å². The van der Waals surface area contributed by atoms with Gasteiger partial charge in [0.2, 0.25) is 0 Å². The summed E-state index contributed by atoms with van der Waals surface area (Å²) in [6.45, 7) is 6.17. The van der Waals surface area contributed by atoms with E-state index in [0.717, 1.165) is 37.0 Å². The molecule has 1 aliphatic rings. The molecule has 2 aromatic carbocycles. The van der Waals surface area contributed by atoms with E-state index >= 15 is 0 Å². The molecule has 29 heavy (non-hydrogen) atoms. The Labute approximate surface area is 173 Å². The first-order chi connectivity index (χ1) is 14.1. The predicted molar refractivity (Wildman–Crippen MR) is 119 cm³/mol. The number of hydrogen-bond acceptors (Lipinski definition) is 4. The van der Waals surface area contributed by atoms with Crippen molar-refractivity contribution in [3.05, 3.63) is 53.6 Å². The quantitative estimate of drug-likeness (QED) is 0.549. The van der Waals surface area contributed by atoms with Gasteiger partial charge in [-0.15, -0.1) is 0 Å². The van der Waals surface area contributed by atoms with Crippen LogP contribution < -0.4 is 20.5 Å². The lowest BCUT2D eigenvalue weighted by Gasteiger charge is -2.30. The molecule has 0 spiro atoms. The molecule has 6 nitrogen and oxygen atoms in total. The highest BCUT2D eigenvalue weighted by atomic mass is 16.5. The molecule has 0 aromatic heterocycles. The largest absolute Gasteiger partial charge is 0.497 e. The van der Waals surface area contributed by atoms with Crippen LogP contribution in [-0.2, 0) is 13.1 Å². The molecule has 0 radical (unpaired) electrons. The van der Waals surface area contributed by atoms with Crippen molar-refractivity contribution in [1.82, 2.24) is 4.90 Å². The molecule has 1 fully saturated rings. The Kier molecular flexibility index (Phi) is 7.36. The Bertz CT molecular complexity index is 829. The zero-order valence-electron chi connectivity index (χ0n) is 17.6. The van der Waals surface area contributed by atoms with Crippen LogP contribution in [0.4, 0.5) is 5.69 Å². The molecule has 0 bridgehead atoms. The Hall–Kier alpha value is -2.73. The van der Waals surface area contributed by atoms with E-state index in [9.17, 15) is 0 Å². The van der Waals surface area contributed by atoms with Gasteiger partial charge in [-0.3, -0.25) is 4.90 Å². The minimum atomic E-state index is 0.346. The minimum absolute atomic E-state index is 0.346. The van der Waals surface area contributed by atoms with Crippen LogP contribution in [0.15, 0.2) is 47.5 Å². The van der Waals surface area contributed by atoms with E-state index in [4.69, 9.17) is 15.2 Å². The predicted octanol–water partition coefficient (Wildman–Crippen LogP) is 3.86. The van der Waals surface area contributed by atoms with E-state index in [1.54, 1.807) is 14.2 Å². The lowest BCUT2D eigenvalue weighted by molar-refractivity contribution is 0.185. The molecule has 6 heteroatoms. The minimum Gasteiger partial charge on any atom is -0.497 e. The monoisotopic (exact) mass is 396 g/mol. The summed E-state index contributed by atoms with van der Waals surface area (Å²) >= 11 is 0. The van der Waals surface area contributed by atoms with Crippen LogP contribution in [0.25, 0.3) is 0 Å². The van der Waals surface area contributed by atoms with Gasteiger partial charge in [0.25, 0.3) is 0 Å². The number of benzene rings is 2. The van der Waals surface area contributed by atoms with Crippen molar-refractivity contribution in [3.8, 4) is 11.5 Å². The van der Waals surface area contributed by atoms with Crippen molar-refractivity contribution in [2.75, 3.05) is 32.6 Å². The molecular weight excluding hydrogens is 364 g/mol. The third kappa shape index (κ3) is 5.87. The summed E-state index contributed by atoms with van der Waals surface area (Å²) in [4.78, 5) is 7.09. The summed E-state index contributed by atoms with van der Waals surface area (Å²) in [5, 5.41) is 3.12. The summed E-state index contributed by atoms with van der Waals surface area (Å²) in [6.07, 6.45) is 2.55. The second-order valence-electron chi connectivity index (χ2n) is 7.62. The van der Waals surface area contributed by atoms with Gasteiger partial charge in [-0.1, -0.05) is 31.2 Å². The number of hydrogen-bond donors (Lipinski definition) is 2. The lowest BCUT2D eigenvalue weighted by atomic mass is 9.98. The highest BCUT2D eigenvalue weighted by Crippen LogP contribution is 2.28. The normalized spacial score (nSPS) is 15.9. The first-order valence-electron chi connectivity index (χ1n) is 10.2. The average molecular weight is 397 g/mol. The van der Waals surface area contributed by atoms with Crippen molar-refractivity contribution >= 4 is 11.6 Å². The number of aliphatic imine (C=N–C) groups is 1. The van der Waals surface area contributed by atoms with Crippen molar-refractivity contribution in [1.29, 1.82) is 0 Å². The van der Waals surface area contributed by atoms with E-state index in [1.165, 1.54) is 24.0 Å². The summed E-state index contributed by atoms with van der Waals surface area (Å²) in [7, 11) is 3.25. The summed E-state index contributed by atoms with van der Waals surface area (Å²) in [5.41, 5.74) is 9.40. The SMILES string of the molecule is COc1ccc(OC)c(NC(N)=NCc2ccccc2CN2CCC(C)CC2)c1. The lowest BCUT2D eigenvalue weighted by Crippen LogP contribution is -2.32. The number of anilines is 1. The molecular formula is C23H32N4O2. The second-order valence-corrected chi connectivity index (χ2v) is 7.62. The Morgan fingerprint density at radius 3 is 2.52 bits per heavy atom. The van der Waals surface area contributed by atoms with Crippen LogP contribution in [0.3, 0.4) is 0 Å². The van der Waals surface area contributed by atoms with Gasteiger partial charge < -0.3 is 20.5 Å². The molecule has 3 rings (SSSR count). The number of piperidine rings is 1. The van der Waals surface area contributed by atoms with Crippen LogP contribution in [0.1, 0.15) is 30.9 Å². The van der Waals surface area contributed by atoms with Gasteiger partial charge in [-0.2, -0.15) is 0 Å². The maximum atomic E-state index is 6.15. The van der Waals surface area contributed by atoms with Crippen LogP contribution in [0, 0.1) is 5.92 Å². The molecule has 0 amide bonds. The number of nitrogens with one attached hydrogen (secondary N) is 1. The number of ether oxygens (including phenoxy) is 2. The van der Waals surface area contributed by atoms with E-state index < -0.39 is 0 Å². The maximum Gasteiger partial charge on any atom is 0.193 e. The van der Waals surface area contributed by atoms with Gasteiger partial charge in [0, 0.05) is 12.6 Å². The first-order valence-corrected chi connectivity index (χ1v) is 10.2. The fourth-order valence-electron chi connectivity index (χ4n) is 3.59. The molecule has 1 heterocycles. The first kappa shape index (κ1) is 21.0.